The van der Waals surface area contributed by atoms with Crippen LogP contribution in [-0.2, 0) is 9.59 Å². The normalized spacial score (nSPS) is 14.4. The quantitative estimate of drug-likeness (QED) is 0.844. The van der Waals surface area contributed by atoms with Gasteiger partial charge < -0.3 is 5.32 Å². The second kappa shape index (κ2) is 6.93. The van der Waals surface area contributed by atoms with E-state index in [1.165, 1.54) is 4.90 Å². The number of hydrogen-bond acceptors (Lipinski definition) is 3. The molecule has 0 aromatic heterocycles. The molecule has 0 aliphatic carbocycles. The molecule has 1 N–H and O–H groups in total. The fourth-order valence-electron chi connectivity index (χ4n) is 2.97. The van der Waals surface area contributed by atoms with E-state index in [1.54, 1.807) is 0 Å². The van der Waals surface area contributed by atoms with Crippen LogP contribution in [0.25, 0.3) is 5.57 Å². The summed E-state index contributed by atoms with van der Waals surface area (Å²) in [6, 6.07) is 15.5. The van der Waals surface area contributed by atoms with E-state index in [2.05, 4.69) is 5.32 Å². The van der Waals surface area contributed by atoms with E-state index in [9.17, 15) is 9.59 Å². The molecule has 0 fully saturated rings. The summed E-state index contributed by atoms with van der Waals surface area (Å²) in [6.07, 6.45) is 0.733. The molecule has 1 heterocycles. The highest BCUT2D eigenvalue weighted by atomic mass is 16.2. The van der Waals surface area contributed by atoms with E-state index >= 15 is 0 Å². The molecule has 0 unspecified atom stereocenters. The average Bonchev–Trinajstić information content (AvgIpc) is 2.81. The first-order chi connectivity index (χ1) is 12.0. The second-order valence-corrected chi connectivity index (χ2v) is 6.37. The maximum atomic E-state index is 12.9. The van der Waals surface area contributed by atoms with Crippen molar-refractivity contribution in [2.45, 2.75) is 27.2 Å². The molecular formula is C21H22N2O2. The van der Waals surface area contributed by atoms with Crippen molar-refractivity contribution >= 4 is 23.1 Å². The molecule has 1 aliphatic rings. The van der Waals surface area contributed by atoms with Crippen LogP contribution < -0.4 is 5.32 Å². The van der Waals surface area contributed by atoms with Gasteiger partial charge in [0.1, 0.15) is 5.70 Å². The Kier molecular flexibility index (Phi) is 4.70. The van der Waals surface area contributed by atoms with E-state index in [-0.39, 0.29) is 11.8 Å². The molecule has 0 atom stereocenters. The molecule has 4 heteroatoms. The Balaban J connectivity index is 2.07. The summed E-state index contributed by atoms with van der Waals surface area (Å²) < 4.78 is 0. The molecular weight excluding hydrogens is 312 g/mol. The van der Waals surface area contributed by atoms with Gasteiger partial charge in [-0.25, -0.2) is 0 Å². The van der Waals surface area contributed by atoms with Gasteiger partial charge >= 0.3 is 0 Å². The number of nitrogens with one attached hydrogen (secondary N) is 1. The predicted molar refractivity (Wildman–Crippen MR) is 99.9 cm³/mol. The summed E-state index contributed by atoms with van der Waals surface area (Å²) in [7, 11) is 0. The van der Waals surface area contributed by atoms with Gasteiger partial charge in [0.15, 0.2) is 0 Å². The number of carbonyl (C=O) groups is 2. The molecule has 4 nitrogen and oxygen atoms in total. The molecule has 0 radical (unpaired) electrons. The highest BCUT2D eigenvalue weighted by Gasteiger charge is 2.38. The Morgan fingerprint density at radius 2 is 1.64 bits per heavy atom. The second-order valence-electron chi connectivity index (χ2n) is 6.37. The number of hydrogen-bond donors (Lipinski definition) is 1. The van der Waals surface area contributed by atoms with E-state index in [0.717, 1.165) is 28.8 Å². The smallest absolute Gasteiger partial charge is 0.278 e. The largest absolute Gasteiger partial charge is 0.350 e. The lowest BCUT2D eigenvalue weighted by Gasteiger charge is -2.13. The molecule has 2 aromatic rings. The van der Waals surface area contributed by atoms with Crippen LogP contribution in [0.15, 0.2) is 54.2 Å². The first-order valence-electron chi connectivity index (χ1n) is 8.52. The maximum Gasteiger partial charge on any atom is 0.278 e. The lowest BCUT2D eigenvalue weighted by Crippen LogP contribution is -2.33. The van der Waals surface area contributed by atoms with Crippen molar-refractivity contribution in [3.63, 3.8) is 0 Å². The van der Waals surface area contributed by atoms with Gasteiger partial charge in [0, 0.05) is 12.2 Å². The van der Waals surface area contributed by atoms with Crippen molar-refractivity contribution in [1.29, 1.82) is 0 Å². The molecule has 2 aromatic carbocycles. The molecule has 0 saturated heterocycles. The fourth-order valence-corrected chi connectivity index (χ4v) is 2.97. The van der Waals surface area contributed by atoms with Gasteiger partial charge in [-0.2, -0.15) is 0 Å². The molecule has 128 valence electrons. The molecule has 0 spiro atoms. The Labute approximate surface area is 148 Å². The zero-order chi connectivity index (χ0) is 18.0. The maximum absolute atomic E-state index is 12.9. The first-order valence-corrected chi connectivity index (χ1v) is 8.52. The highest BCUT2D eigenvalue weighted by Crippen LogP contribution is 2.30. The zero-order valence-corrected chi connectivity index (χ0v) is 14.8. The third-order valence-electron chi connectivity index (χ3n) is 4.24. The Hall–Kier alpha value is -2.88. The van der Waals surface area contributed by atoms with Gasteiger partial charge in [-0.3, -0.25) is 14.5 Å². The van der Waals surface area contributed by atoms with Crippen LogP contribution in [-0.4, -0.2) is 23.3 Å². The van der Waals surface area contributed by atoms with Gasteiger partial charge in [-0.1, -0.05) is 48.9 Å². The zero-order valence-electron chi connectivity index (χ0n) is 14.8. The number of anilines is 1. The lowest BCUT2D eigenvalue weighted by molar-refractivity contribution is -0.136. The molecule has 2 amide bonds. The SMILES string of the molecule is CCCN1C(=O)C(Nc2cccc(C)c2)=C(c2ccc(C)cc2)C1=O. The minimum Gasteiger partial charge on any atom is -0.350 e. The van der Waals surface area contributed by atoms with Crippen molar-refractivity contribution in [2.75, 3.05) is 11.9 Å². The summed E-state index contributed by atoms with van der Waals surface area (Å²) >= 11 is 0. The summed E-state index contributed by atoms with van der Waals surface area (Å²) in [5.74, 6) is -0.491. The van der Waals surface area contributed by atoms with Crippen molar-refractivity contribution in [1.82, 2.24) is 4.90 Å². The fraction of sp³-hybridized carbons (Fsp3) is 0.238. The molecule has 3 rings (SSSR count). The van der Waals surface area contributed by atoms with Gasteiger partial charge in [0.2, 0.25) is 0 Å². The van der Waals surface area contributed by atoms with E-state index < -0.39 is 0 Å². The van der Waals surface area contributed by atoms with Crippen molar-refractivity contribution in [2.24, 2.45) is 0 Å². The topological polar surface area (TPSA) is 49.4 Å². The minimum atomic E-state index is -0.260. The van der Waals surface area contributed by atoms with Gasteiger partial charge in [-0.15, -0.1) is 0 Å². The van der Waals surface area contributed by atoms with E-state index in [1.807, 2.05) is 69.3 Å². The number of aryl methyl sites for hydroxylation is 2. The van der Waals surface area contributed by atoms with Crippen molar-refractivity contribution in [3.8, 4) is 0 Å². The Morgan fingerprint density at radius 1 is 0.920 bits per heavy atom. The van der Waals surface area contributed by atoms with E-state index in [0.29, 0.717) is 17.8 Å². The van der Waals surface area contributed by atoms with Gasteiger partial charge in [-0.05, 0) is 43.5 Å². The van der Waals surface area contributed by atoms with Crippen LogP contribution in [0.1, 0.15) is 30.0 Å². The van der Waals surface area contributed by atoms with Crippen molar-refractivity contribution in [3.05, 3.63) is 70.9 Å². The highest BCUT2D eigenvalue weighted by molar-refractivity contribution is 6.36. The third-order valence-corrected chi connectivity index (χ3v) is 4.24. The average molecular weight is 334 g/mol. The molecule has 0 bridgehead atoms. The standard InChI is InChI=1S/C21H22N2O2/c1-4-12-23-20(24)18(16-10-8-14(2)9-11-16)19(21(23)25)22-17-7-5-6-15(3)13-17/h5-11,13,22H,4,12H2,1-3H3. The van der Waals surface area contributed by atoms with Crippen LogP contribution >= 0.6 is 0 Å². The Morgan fingerprint density at radius 3 is 2.28 bits per heavy atom. The predicted octanol–water partition coefficient (Wildman–Crippen LogP) is 3.91. The summed E-state index contributed by atoms with van der Waals surface area (Å²) in [5, 5.41) is 3.18. The van der Waals surface area contributed by atoms with Crippen LogP contribution in [0, 0.1) is 13.8 Å². The van der Waals surface area contributed by atoms with Crippen LogP contribution in [0.4, 0.5) is 5.69 Å². The summed E-state index contributed by atoms with van der Waals surface area (Å²) in [5.41, 5.74) is 4.56. The molecule has 1 aliphatic heterocycles. The van der Waals surface area contributed by atoms with Gasteiger partial charge in [0.25, 0.3) is 11.8 Å². The number of amides is 2. The van der Waals surface area contributed by atoms with Crippen LogP contribution in [0.3, 0.4) is 0 Å². The monoisotopic (exact) mass is 334 g/mol. The number of carbonyl (C=O) groups excluding carboxylic acids is 2. The molecule has 25 heavy (non-hydrogen) atoms. The van der Waals surface area contributed by atoms with Gasteiger partial charge in [0.05, 0.1) is 5.57 Å². The number of rotatable bonds is 5. The van der Waals surface area contributed by atoms with Crippen molar-refractivity contribution < 1.29 is 9.59 Å². The Bertz CT molecular complexity index is 850. The lowest BCUT2D eigenvalue weighted by atomic mass is 10.0. The summed E-state index contributed by atoms with van der Waals surface area (Å²) in [6.45, 7) is 6.37. The van der Waals surface area contributed by atoms with E-state index in [4.69, 9.17) is 0 Å². The minimum absolute atomic E-state index is 0.231. The van der Waals surface area contributed by atoms with Crippen LogP contribution in [0.2, 0.25) is 0 Å². The summed E-state index contributed by atoms with van der Waals surface area (Å²) in [4.78, 5) is 27.0. The first kappa shape index (κ1) is 17.0. The number of benzene rings is 2. The number of imide groups is 1. The van der Waals surface area contributed by atoms with Crippen LogP contribution in [0.5, 0.6) is 0 Å². The third kappa shape index (κ3) is 3.33. The molecule has 0 saturated carbocycles. The number of nitrogens with zero attached hydrogens (tertiary/aromatic N) is 1.